The van der Waals surface area contributed by atoms with Crippen LogP contribution in [0, 0.1) is 23.2 Å². The number of hydrogen-bond acceptors (Lipinski definition) is 10. The van der Waals surface area contributed by atoms with Crippen LogP contribution in [0.4, 0.5) is 0 Å². The van der Waals surface area contributed by atoms with Gasteiger partial charge in [-0.1, -0.05) is 75.4 Å². The summed E-state index contributed by atoms with van der Waals surface area (Å²) in [4.78, 5) is 72.1. The van der Waals surface area contributed by atoms with Crippen LogP contribution in [0.1, 0.15) is 89.3 Å². The largest absolute Gasteiger partial charge is 0.495 e. The van der Waals surface area contributed by atoms with Gasteiger partial charge in [-0.05, 0) is 96.6 Å². The van der Waals surface area contributed by atoms with Gasteiger partial charge in [0, 0.05) is 58.5 Å². The van der Waals surface area contributed by atoms with Crippen molar-refractivity contribution in [2.75, 3.05) is 39.8 Å². The fraction of sp³-hybridized carbons (Fsp3) is 0.553. The summed E-state index contributed by atoms with van der Waals surface area (Å²) in [5.41, 5.74) is 1.91. The van der Waals surface area contributed by atoms with Crippen LogP contribution in [0.15, 0.2) is 66.1 Å². The van der Waals surface area contributed by atoms with Crippen molar-refractivity contribution in [3.05, 3.63) is 87.8 Å². The number of thiol groups is 1. The standard InChI is InChI=1S/C47H63ClN4O8S/c1-29(2)23-41-45(56)59-39(31(4)35-26-36(35)34-15-12-32(13-16-34)27-51-19-21-52(22-20-51)43(54)18-11-30(3)61)9-8-10-42(53)50-38(25-33-14-17-40(58-7)37(48)24-33)44(55)49-28-47(5,6)46(57)60-41/h8,10,12-17,24,29,31,35-36,38-39,41,61H,3,9,11,18-23,25-28H2,1-2,4-7H3,(H,49,55)(H,50,53)/b10-8+/t31?,35?,36?,38-,39+,41+/m1/s1. The molecule has 5 rings (SSSR count). The van der Waals surface area contributed by atoms with Gasteiger partial charge in [0.05, 0.1) is 17.5 Å². The Morgan fingerprint density at radius 1 is 1.00 bits per heavy atom. The zero-order valence-electron chi connectivity index (χ0n) is 36.4. The molecular weight excluding hydrogens is 816 g/mol. The monoisotopic (exact) mass is 878 g/mol. The molecule has 12 nitrogen and oxygen atoms in total. The summed E-state index contributed by atoms with van der Waals surface area (Å²) in [5.74, 6) is -1.20. The number of piperazine rings is 1. The quantitative estimate of drug-likeness (QED) is 0.149. The van der Waals surface area contributed by atoms with E-state index in [1.165, 1.54) is 24.3 Å². The number of nitrogens with zero attached hydrogens (tertiary/aromatic N) is 2. The molecule has 2 fully saturated rings. The lowest BCUT2D eigenvalue weighted by Crippen LogP contribution is -2.51. The second-order valence-electron chi connectivity index (χ2n) is 17.8. The first-order valence-electron chi connectivity index (χ1n) is 21.4. The van der Waals surface area contributed by atoms with Gasteiger partial charge in [0.15, 0.2) is 6.10 Å². The zero-order chi connectivity index (χ0) is 44.4. The van der Waals surface area contributed by atoms with E-state index in [4.69, 9.17) is 25.8 Å². The van der Waals surface area contributed by atoms with Gasteiger partial charge in [0.1, 0.15) is 17.9 Å². The Labute approximate surface area is 371 Å². The number of rotatable bonds is 13. The summed E-state index contributed by atoms with van der Waals surface area (Å²) < 4.78 is 17.4. The molecule has 61 heavy (non-hydrogen) atoms. The van der Waals surface area contributed by atoms with Crippen LogP contribution in [-0.4, -0.2) is 97.5 Å². The van der Waals surface area contributed by atoms with E-state index in [0.717, 1.165) is 31.0 Å². The minimum Gasteiger partial charge on any atom is -0.495 e. The van der Waals surface area contributed by atoms with Gasteiger partial charge in [-0.2, -0.15) is 0 Å². The number of carbonyl (C=O) groups excluding carboxylic acids is 5. The maximum absolute atomic E-state index is 13.9. The van der Waals surface area contributed by atoms with Gasteiger partial charge in [-0.3, -0.25) is 24.1 Å². The highest BCUT2D eigenvalue weighted by molar-refractivity contribution is 7.84. The van der Waals surface area contributed by atoms with Crippen LogP contribution in [0.25, 0.3) is 0 Å². The normalized spacial score (nSPS) is 25.1. The molecule has 6 atom stereocenters. The summed E-state index contributed by atoms with van der Waals surface area (Å²) in [7, 11) is 1.51. The van der Waals surface area contributed by atoms with Crippen LogP contribution >= 0.6 is 24.2 Å². The summed E-state index contributed by atoms with van der Waals surface area (Å²) in [5, 5.41) is 5.98. The van der Waals surface area contributed by atoms with Crippen molar-refractivity contribution in [3.63, 3.8) is 0 Å². The van der Waals surface area contributed by atoms with E-state index in [-0.39, 0.29) is 55.4 Å². The van der Waals surface area contributed by atoms with Crippen LogP contribution in [-0.2, 0) is 46.4 Å². The molecule has 0 bridgehead atoms. The summed E-state index contributed by atoms with van der Waals surface area (Å²) >= 11 is 10.6. The summed E-state index contributed by atoms with van der Waals surface area (Å²) in [6.45, 7) is 16.7. The summed E-state index contributed by atoms with van der Waals surface area (Å²) in [6.07, 6.45) is 3.88. The second-order valence-corrected chi connectivity index (χ2v) is 18.8. The Morgan fingerprint density at radius 2 is 1.69 bits per heavy atom. The topological polar surface area (TPSA) is 144 Å². The number of methoxy groups -OCH3 is 1. The van der Waals surface area contributed by atoms with Crippen LogP contribution < -0.4 is 15.4 Å². The van der Waals surface area contributed by atoms with Gasteiger partial charge in [0.25, 0.3) is 0 Å². The molecule has 3 amide bonds. The Hall–Kier alpha value is -4.33. The van der Waals surface area contributed by atoms with E-state index >= 15 is 0 Å². The van der Waals surface area contributed by atoms with Gasteiger partial charge < -0.3 is 29.7 Å². The molecule has 2 N–H and O–H groups in total. The average Bonchev–Trinajstić information content (AvgIpc) is 4.02. The average molecular weight is 880 g/mol. The molecule has 0 radical (unpaired) electrons. The number of amides is 3. The van der Waals surface area contributed by atoms with Crippen LogP contribution in [0.5, 0.6) is 5.75 Å². The van der Waals surface area contributed by atoms with Crippen molar-refractivity contribution < 1.29 is 38.2 Å². The van der Waals surface area contributed by atoms with Crippen molar-refractivity contribution in [3.8, 4) is 5.75 Å². The highest BCUT2D eigenvalue weighted by Gasteiger charge is 2.46. The van der Waals surface area contributed by atoms with E-state index in [2.05, 4.69) is 65.9 Å². The molecule has 1 saturated carbocycles. The minimum absolute atomic E-state index is 0.0179. The lowest BCUT2D eigenvalue weighted by Gasteiger charge is -2.35. The van der Waals surface area contributed by atoms with Crippen LogP contribution in [0.2, 0.25) is 5.02 Å². The van der Waals surface area contributed by atoms with E-state index < -0.39 is 47.4 Å². The molecule has 0 spiro atoms. The SMILES string of the molecule is C=C(S)CCC(=O)N1CCN(Cc2ccc(C3CC3C(C)[C@@H]3C/C=C/C(=O)N[C@H](Cc4ccc(OC)c(Cl)c4)C(=O)NCC(C)(C)C(=O)O[C@@H](CC(C)C)C(=O)O3)cc2)CC1. The molecule has 3 aliphatic rings. The molecule has 2 aromatic carbocycles. The molecule has 2 aromatic rings. The van der Waals surface area contributed by atoms with Crippen molar-refractivity contribution in [2.45, 2.75) is 104 Å². The Bertz CT molecular complexity index is 1930. The smallest absolute Gasteiger partial charge is 0.347 e. The highest BCUT2D eigenvalue weighted by Crippen LogP contribution is 2.53. The highest BCUT2D eigenvalue weighted by atomic mass is 35.5. The van der Waals surface area contributed by atoms with E-state index in [1.807, 2.05) is 18.7 Å². The fourth-order valence-electron chi connectivity index (χ4n) is 7.97. The number of nitrogens with one attached hydrogen (secondary N) is 2. The number of cyclic esters (lactones) is 2. The van der Waals surface area contributed by atoms with Gasteiger partial charge >= 0.3 is 11.9 Å². The molecule has 14 heteroatoms. The van der Waals surface area contributed by atoms with Gasteiger partial charge in [0.2, 0.25) is 17.7 Å². The van der Waals surface area contributed by atoms with E-state index in [1.54, 1.807) is 38.1 Å². The van der Waals surface area contributed by atoms with Gasteiger partial charge in [-0.25, -0.2) is 4.79 Å². The number of esters is 2. The molecule has 0 aromatic heterocycles. The third-order valence-corrected chi connectivity index (χ3v) is 12.4. The predicted octanol–water partition coefficient (Wildman–Crippen LogP) is 6.66. The third kappa shape index (κ3) is 13.8. The Morgan fingerprint density at radius 3 is 2.33 bits per heavy atom. The maximum atomic E-state index is 13.9. The lowest BCUT2D eigenvalue weighted by atomic mass is 9.92. The lowest BCUT2D eigenvalue weighted by molar-refractivity contribution is -0.179. The second kappa shape index (κ2) is 21.6. The Kier molecular flexibility index (Phi) is 16.9. The molecule has 2 aliphatic heterocycles. The van der Waals surface area contributed by atoms with Crippen molar-refractivity contribution >= 4 is 53.9 Å². The van der Waals surface area contributed by atoms with Crippen molar-refractivity contribution in [1.29, 1.82) is 0 Å². The molecule has 1 aliphatic carbocycles. The molecule has 1 saturated heterocycles. The molecule has 332 valence electrons. The maximum Gasteiger partial charge on any atom is 0.347 e. The van der Waals surface area contributed by atoms with Crippen molar-refractivity contribution in [1.82, 2.24) is 20.4 Å². The number of benzene rings is 2. The molecule has 2 heterocycles. The third-order valence-electron chi connectivity index (χ3n) is 11.9. The van der Waals surface area contributed by atoms with E-state index in [9.17, 15) is 24.0 Å². The molecule has 3 unspecified atom stereocenters. The van der Waals surface area contributed by atoms with Gasteiger partial charge in [-0.15, -0.1) is 12.6 Å². The van der Waals surface area contributed by atoms with Crippen LogP contribution in [0.3, 0.4) is 0 Å². The number of ether oxygens (including phenoxy) is 3. The molecular formula is C47H63ClN4O8S. The predicted molar refractivity (Wildman–Crippen MR) is 239 cm³/mol. The van der Waals surface area contributed by atoms with Crippen molar-refractivity contribution in [2.24, 2.45) is 23.2 Å². The fourth-order valence-corrected chi connectivity index (χ4v) is 8.36. The number of allylic oxidation sites excluding steroid dienone is 1. The Balaban J connectivity index is 1.28. The zero-order valence-corrected chi connectivity index (χ0v) is 38.1. The number of hydrogen-bond donors (Lipinski definition) is 3. The first-order valence-corrected chi connectivity index (χ1v) is 22.2. The first-order chi connectivity index (χ1) is 28.9. The minimum atomic E-state index is -1.21. The first kappa shape index (κ1) is 47.7. The number of halogens is 1. The summed E-state index contributed by atoms with van der Waals surface area (Å²) in [6, 6.07) is 12.9. The van der Waals surface area contributed by atoms with E-state index in [0.29, 0.717) is 42.3 Å². The number of carbonyl (C=O) groups is 5.